The van der Waals surface area contributed by atoms with E-state index in [9.17, 15) is 18.4 Å². The Labute approximate surface area is 157 Å². The number of nitrogens with one attached hydrogen (secondary N) is 2. The van der Waals surface area contributed by atoms with Crippen LogP contribution in [0.3, 0.4) is 0 Å². The number of carbonyl (C=O) groups is 2. The molecule has 2 N–H and O–H groups in total. The van der Waals surface area contributed by atoms with Crippen LogP contribution in [0.15, 0.2) is 36.5 Å². The molecule has 1 aromatic carbocycles. The molecule has 25 heavy (non-hydrogen) atoms. The number of aromatic nitrogens is 1. The zero-order valence-corrected chi connectivity index (χ0v) is 15.5. The van der Waals surface area contributed by atoms with Crippen LogP contribution in [0.1, 0.15) is 18.9 Å². The predicted molar refractivity (Wildman–Crippen MR) is 97.9 cm³/mol. The van der Waals surface area contributed by atoms with Gasteiger partial charge in [-0.3, -0.25) is 9.59 Å². The fourth-order valence-electron chi connectivity index (χ4n) is 2.16. The van der Waals surface area contributed by atoms with Crippen molar-refractivity contribution < 1.29 is 18.4 Å². The van der Waals surface area contributed by atoms with Crippen molar-refractivity contribution >= 4 is 40.2 Å². The molecule has 0 radical (unpaired) electrons. The minimum Gasteiger partial charge on any atom is -0.344 e. The van der Waals surface area contributed by atoms with Crippen molar-refractivity contribution in [1.82, 2.24) is 10.3 Å². The zero-order chi connectivity index (χ0) is 18.4. The van der Waals surface area contributed by atoms with Crippen molar-refractivity contribution in [3.63, 3.8) is 0 Å². The van der Waals surface area contributed by atoms with Gasteiger partial charge >= 0.3 is 0 Å². The van der Waals surface area contributed by atoms with E-state index < -0.39 is 29.5 Å². The minimum absolute atomic E-state index is 0.199. The summed E-state index contributed by atoms with van der Waals surface area (Å²) in [6.07, 6.45) is 1.74. The van der Waals surface area contributed by atoms with Gasteiger partial charge in [-0.1, -0.05) is 6.92 Å². The summed E-state index contributed by atoms with van der Waals surface area (Å²) < 4.78 is 27.3. The first-order valence-electron chi connectivity index (χ1n) is 7.54. The lowest BCUT2D eigenvalue weighted by Gasteiger charge is -2.16. The Morgan fingerprint density at radius 2 is 1.88 bits per heavy atom. The standard InChI is InChI=1S/C17H16F2IN3O2/c1-2-14(17(25)23-15-4-3-13(20)9-21-15)22-16(24)7-10-5-11(18)8-12(19)6-10/h3-6,8-9,14H,2,7H2,1H3,(H,22,24)(H,21,23,25). The third kappa shape index (κ3) is 6.04. The van der Waals surface area contributed by atoms with Crippen LogP contribution in [0.4, 0.5) is 14.6 Å². The number of pyridine rings is 1. The molecule has 0 aliphatic heterocycles. The number of amides is 2. The van der Waals surface area contributed by atoms with Gasteiger partial charge in [0, 0.05) is 15.8 Å². The number of hydrogen-bond donors (Lipinski definition) is 2. The molecule has 1 unspecified atom stereocenters. The Morgan fingerprint density at radius 3 is 2.44 bits per heavy atom. The van der Waals surface area contributed by atoms with Crippen molar-refractivity contribution in [2.45, 2.75) is 25.8 Å². The van der Waals surface area contributed by atoms with Gasteiger partial charge in [0.1, 0.15) is 23.5 Å². The molecule has 0 saturated carbocycles. The molecule has 1 atom stereocenters. The maximum Gasteiger partial charge on any atom is 0.248 e. The second-order valence-electron chi connectivity index (χ2n) is 5.33. The molecule has 8 heteroatoms. The lowest BCUT2D eigenvalue weighted by Crippen LogP contribution is -2.44. The largest absolute Gasteiger partial charge is 0.344 e. The van der Waals surface area contributed by atoms with Crippen LogP contribution in [0.25, 0.3) is 0 Å². The Hall–Kier alpha value is -2.10. The Kier molecular flexibility index (Phi) is 6.80. The van der Waals surface area contributed by atoms with E-state index in [-0.39, 0.29) is 12.0 Å². The summed E-state index contributed by atoms with van der Waals surface area (Å²) in [6.45, 7) is 1.74. The molecule has 2 amide bonds. The van der Waals surface area contributed by atoms with Crippen LogP contribution in [0.5, 0.6) is 0 Å². The monoisotopic (exact) mass is 459 g/mol. The first-order chi connectivity index (χ1) is 11.9. The Bertz CT molecular complexity index is 749. The van der Waals surface area contributed by atoms with Crippen LogP contribution in [0.2, 0.25) is 0 Å². The van der Waals surface area contributed by atoms with Gasteiger partial charge in [-0.15, -0.1) is 0 Å². The van der Waals surface area contributed by atoms with Gasteiger partial charge in [0.25, 0.3) is 0 Å². The van der Waals surface area contributed by atoms with Gasteiger partial charge in [0.2, 0.25) is 11.8 Å². The van der Waals surface area contributed by atoms with Gasteiger partial charge < -0.3 is 10.6 Å². The molecule has 0 saturated heterocycles. The van der Waals surface area contributed by atoms with Crippen LogP contribution < -0.4 is 10.6 Å². The van der Waals surface area contributed by atoms with Crippen molar-refractivity contribution in [2.24, 2.45) is 0 Å². The number of anilines is 1. The Balaban J connectivity index is 1.96. The van der Waals surface area contributed by atoms with Crippen LogP contribution >= 0.6 is 22.6 Å². The molecule has 0 aliphatic carbocycles. The lowest BCUT2D eigenvalue weighted by atomic mass is 10.1. The van der Waals surface area contributed by atoms with E-state index in [2.05, 4.69) is 38.2 Å². The quantitative estimate of drug-likeness (QED) is 0.653. The number of halogens is 3. The highest BCUT2D eigenvalue weighted by Gasteiger charge is 2.19. The number of benzene rings is 1. The normalized spacial score (nSPS) is 11.7. The molecule has 0 spiro atoms. The van der Waals surface area contributed by atoms with Gasteiger partial charge in [-0.2, -0.15) is 0 Å². The number of nitrogens with zero attached hydrogens (tertiary/aromatic N) is 1. The summed E-state index contributed by atoms with van der Waals surface area (Å²) in [7, 11) is 0. The highest BCUT2D eigenvalue weighted by atomic mass is 127. The molecule has 0 fully saturated rings. The topological polar surface area (TPSA) is 71.1 Å². The molecule has 1 aromatic heterocycles. The summed E-state index contributed by atoms with van der Waals surface area (Å²) in [5.74, 6) is -2.03. The molecule has 1 heterocycles. The molecule has 2 aromatic rings. The molecule has 0 bridgehead atoms. The van der Waals surface area contributed by atoms with Gasteiger partial charge in [-0.25, -0.2) is 13.8 Å². The minimum atomic E-state index is -0.771. The second kappa shape index (κ2) is 8.84. The summed E-state index contributed by atoms with van der Waals surface area (Å²) in [6, 6.07) is 5.58. The lowest BCUT2D eigenvalue weighted by molar-refractivity contribution is -0.126. The van der Waals surface area contributed by atoms with Crippen molar-refractivity contribution in [1.29, 1.82) is 0 Å². The van der Waals surface area contributed by atoms with Crippen LogP contribution in [-0.2, 0) is 16.0 Å². The van der Waals surface area contributed by atoms with E-state index in [4.69, 9.17) is 0 Å². The van der Waals surface area contributed by atoms with E-state index in [0.717, 1.165) is 21.8 Å². The smallest absolute Gasteiger partial charge is 0.248 e. The number of hydrogen-bond acceptors (Lipinski definition) is 3. The van der Waals surface area contributed by atoms with E-state index in [1.807, 2.05) is 0 Å². The van der Waals surface area contributed by atoms with E-state index >= 15 is 0 Å². The average molecular weight is 459 g/mol. The fraction of sp³-hybridized carbons (Fsp3) is 0.235. The molecule has 5 nitrogen and oxygen atoms in total. The van der Waals surface area contributed by atoms with Crippen LogP contribution in [0, 0.1) is 15.2 Å². The second-order valence-corrected chi connectivity index (χ2v) is 6.58. The highest BCUT2D eigenvalue weighted by Crippen LogP contribution is 2.10. The van der Waals surface area contributed by atoms with Crippen molar-refractivity contribution in [3.05, 3.63) is 57.3 Å². The number of carbonyl (C=O) groups excluding carboxylic acids is 2. The van der Waals surface area contributed by atoms with Crippen molar-refractivity contribution in [2.75, 3.05) is 5.32 Å². The highest BCUT2D eigenvalue weighted by molar-refractivity contribution is 14.1. The van der Waals surface area contributed by atoms with Gasteiger partial charge in [0.05, 0.1) is 6.42 Å². The molecular weight excluding hydrogens is 443 g/mol. The summed E-state index contributed by atoms with van der Waals surface area (Å²) in [5, 5.41) is 5.18. The maximum absolute atomic E-state index is 13.2. The van der Waals surface area contributed by atoms with Crippen LogP contribution in [-0.4, -0.2) is 22.8 Å². The molecule has 0 aliphatic rings. The van der Waals surface area contributed by atoms with Crippen molar-refractivity contribution in [3.8, 4) is 0 Å². The molecular formula is C17H16F2IN3O2. The van der Waals surface area contributed by atoms with E-state index in [1.54, 1.807) is 25.3 Å². The van der Waals surface area contributed by atoms with E-state index in [1.165, 1.54) is 0 Å². The molecule has 2 rings (SSSR count). The summed E-state index contributed by atoms with van der Waals surface area (Å²) >= 11 is 2.10. The first kappa shape index (κ1) is 19.2. The third-order valence-electron chi connectivity index (χ3n) is 3.33. The Morgan fingerprint density at radius 1 is 1.20 bits per heavy atom. The number of rotatable bonds is 6. The summed E-state index contributed by atoms with van der Waals surface area (Å²) in [5.41, 5.74) is 0.199. The zero-order valence-electron chi connectivity index (χ0n) is 13.4. The third-order valence-corrected chi connectivity index (χ3v) is 3.96. The summed E-state index contributed by atoms with van der Waals surface area (Å²) in [4.78, 5) is 28.4. The average Bonchev–Trinajstić information content (AvgIpc) is 2.53. The van der Waals surface area contributed by atoms with Gasteiger partial charge in [0.15, 0.2) is 0 Å². The van der Waals surface area contributed by atoms with E-state index in [0.29, 0.717) is 12.2 Å². The predicted octanol–water partition coefficient (Wildman–Crippen LogP) is 3.04. The van der Waals surface area contributed by atoms with Gasteiger partial charge in [-0.05, 0) is 58.8 Å². The first-order valence-corrected chi connectivity index (χ1v) is 8.62. The fourth-order valence-corrected chi connectivity index (χ4v) is 2.48. The SMILES string of the molecule is CCC(NC(=O)Cc1cc(F)cc(F)c1)C(=O)Nc1ccc(I)cn1. The molecule has 132 valence electrons. The maximum atomic E-state index is 13.2.